The Bertz CT molecular complexity index is 988. The van der Waals surface area contributed by atoms with Gasteiger partial charge in [0.1, 0.15) is 18.2 Å². The van der Waals surface area contributed by atoms with Crippen molar-refractivity contribution in [2.45, 2.75) is 19.0 Å². The van der Waals surface area contributed by atoms with E-state index in [0.717, 1.165) is 0 Å². The average Bonchev–Trinajstić information content (AvgIpc) is 3.05. The van der Waals surface area contributed by atoms with Crippen LogP contribution in [0.2, 0.25) is 5.02 Å². The van der Waals surface area contributed by atoms with Crippen LogP contribution in [-0.4, -0.2) is 43.4 Å². The first-order valence-electron chi connectivity index (χ1n) is 9.09. The van der Waals surface area contributed by atoms with E-state index in [1.54, 1.807) is 36.4 Å². The van der Waals surface area contributed by atoms with Crippen molar-refractivity contribution in [1.29, 1.82) is 0 Å². The summed E-state index contributed by atoms with van der Waals surface area (Å²) in [6.07, 6.45) is 1.92. The van der Waals surface area contributed by atoms with E-state index >= 15 is 0 Å². The maximum absolute atomic E-state index is 14.3. The molecule has 0 radical (unpaired) electrons. The van der Waals surface area contributed by atoms with Gasteiger partial charge in [-0.25, -0.2) is 12.8 Å². The van der Waals surface area contributed by atoms with Gasteiger partial charge < -0.3 is 9.64 Å². The van der Waals surface area contributed by atoms with Crippen molar-refractivity contribution in [3.8, 4) is 5.75 Å². The Labute approximate surface area is 174 Å². The number of rotatable bonds is 7. The molecule has 0 bridgehead atoms. The summed E-state index contributed by atoms with van der Waals surface area (Å²) in [6.45, 7) is 3.80. The summed E-state index contributed by atoms with van der Waals surface area (Å²) < 4.78 is 43.7. The number of hydrogen-bond acceptors (Lipinski definition) is 4. The first-order valence-corrected chi connectivity index (χ1v) is 11.3. The van der Waals surface area contributed by atoms with Crippen LogP contribution < -0.4 is 4.74 Å². The SMILES string of the molecule is C=CCOc1ccc(C(=O)N(Cc2c(F)cccc2Cl)[C@@H]2CCS(=O)(=O)C2)cc1. The van der Waals surface area contributed by atoms with E-state index in [4.69, 9.17) is 16.3 Å². The molecule has 1 aliphatic rings. The molecule has 154 valence electrons. The number of amides is 1. The number of ether oxygens (including phenoxy) is 1. The van der Waals surface area contributed by atoms with Crippen molar-refractivity contribution in [2.24, 2.45) is 0 Å². The molecule has 0 aliphatic carbocycles. The molecule has 0 N–H and O–H groups in total. The molecule has 1 atom stereocenters. The Balaban J connectivity index is 1.90. The van der Waals surface area contributed by atoms with Crippen LogP contribution in [0.1, 0.15) is 22.3 Å². The van der Waals surface area contributed by atoms with Gasteiger partial charge in [0.15, 0.2) is 9.84 Å². The second-order valence-corrected chi connectivity index (χ2v) is 9.45. The van der Waals surface area contributed by atoms with Crippen molar-refractivity contribution in [3.05, 3.63) is 77.1 Å². The summed E-state index contributed by atoms with van der Waals surface area (Å²) >= 11 is 6.14. The first kappa shape index (κ1) is 21.3. The minimum Gasteiger partial charge on any atom is -0.490 e. The van der Waals surface area contributed by atoms with Crippen LogP contribution in [0.5, 0.6) is 5.75 Å². The van der Waals surface area contributed by atoms with Crippen molar-refractivity contribution < 1.29 is 22.3 Å². The fourth-order valence-corrected chi connectivity index (χ4v) is 5.21. The molecule has 0 aromatic heterocycles. The van der Waals surface area contributed by atoms with Gasteiger partial charge in [0.25, 0.3) is 5.91 Å². The zero-order valence-electron chi connectivity index (χ0n) is 15.7. The van der Waals surface area contributed by atoms with Gasteiger partial charge in [0.2, 0.25) is 0 Å². The summed E-state index contributed by atoms with van der Waals surface area (Å²) in [5.41, 5.74) is 0.519. The molecule has 1 saturated heterocycles. The Hall–Kier alpha value is -2.38. The lowest BCUT2D eigenvalue weighted by Gasteiger charge is -2.29. The number of benzene rings is 2. The smallest absolute Gasteiger partial charge is 0.254 e. The van der Waals surface area contributed by atoms with Gasteiger partial charge in [-0.1, -0.05) is 30.3 Å². The Morgan fingerprint density at radius 2 is 2.00 bits per heavy atom. The van der Waals surface area contributed by atoms with Crippen molar-refractivity contribution in [2.75, 3.05) is 18.1 Å². The fraction of sp³-hybridized carbons (Fsp3) is 0.286. The summed E-state index contributed by atoms with van der Waals surface area (Å²) in [7, 11) is -3.24. The molecule has 8 heteroatoms. The Morgan fingerprint density at radius 3 is 2.59 bits per heavy atom. The number of halogens is 2. The molecule has 0 spiro atoms. The zero-order chi connectivity index (χ0) is 21.0. The van der Waals surface area contributed by atoms with Crippen LogP contribution in [0, 0.1) is 5.82 Å². The van der Waals surface area contributed by atoms with Gasteiger partial charge in [0.05, 0.1) is 18.1 Å². The molecule has 5 nitrogen and oxygen atoms in total. The Morgan fingerprint density at radius 1 is 1.28 bits per heavy atom. The minimum absolute atomic E-state index is 0.000776. The molecule has 3 rings (SSSR count). The number of hydrogen-bond donors (Lipinski definition) is 0. The third-order valence-corrected chi connectivity index (χ3v) is 6.87. The van der Waals surface area contributed by atoms with E-state index < -0.39 is 21.7 Å². The highest BCUT2D eigenvalue weighted by Crippen LogP contribution is 2.27. The monoisotopic (exact) mass is 437 g/mol. The number of carbonyl (C=O) groups is 1. The van der Waals surface area contributed by atoms with Gasteiger partial charge in [0, 0.05) is 22.2 Å². The normalized spacial score (nSPS) is 17.7. The minimum atomic E-state index is -3.24. The average molecular weight is 438 g/mol. The molecule has 29 heavy (non-hydrogen) atoms. The Kier molecular flexibility index (Phi) is 6.59. The lowest BCUT2D eigenvalue weighted by molar-refractivity contribution is 0.0679. The fourth-order valence-electron chi connectivity index (χ4n) is 3.26. The topological polar surface area (TPSA) is 63.7 Å². The van der Waals surface area contributed by atoms with Crippen LogP contribution in [-0.2, 0) is 16.4 Å². The van der Waals surface area contributed by atoms with E-state index in [1.165, 1.54) is 17.0 Å². The molecular weight excluding hydrogens is 417 g/mol. The van der Waals surface area contributed by atoms with E-state index in [9.17, 15) is 17.6 Å². The lowest BCUT2D eigenvalue weighted by Crippen LogP contribution is -2.41. The molecule has 2 aromatic carbocycles. The molecular formula is C21H21ClFNO4S. The van der Waals surface area contributed by atoms with E-state index in [1.807, 2.05) is 0 Å². The first-order chi connectivity index (χ1) is 13.8. The maximum atomic E-state index is 14.3. The van der Waals surface area contributed by atoms with E-state index in [-0.39, 0.29) is 34.5 Å². The van der Waals surface area contributed by atoms with Crippen LogP contribution in [0.4, 0.5) is 4.39 Å². The molecule has 2 aromatic rings. The highest BCUT2D eigenvalue weighted by Gasteiger charge is 2.35. The molecule has 0 saturated carbocycles. The standard InChI is InChI=1S/C21H21ClFNO4S/c1-2-11-28-17-8-6-15(7-9-17)21(25)24(16-10-12-29(26,27)14-16)13-18-19(22)4-3-5-20(18)23/h2-9,16H,1,10-14H2/t16-/m1/s1. The van der Waals surface area contributed by atoms with E-state index in [0.29, 0.717) is 24.3 Å². The van der Waals surface area contributed by atoms with Gasteiger partial charge in [-0.05, 0) is 42.8 Å². The lowest BCUT2D eigenvalue weighted by atomic mass is 10.1. The third-order valence-electron chi connectivity index (χ3n) is 4.77. The van der Waals surface area contributed by atoms with Gasteiger partial charge in [-0.15, -0.1) is 0 Å². The number of carbonyl (C=O) groups excluding carboxylic acids is 1. The summed E-state index contributed by atoms with van der Waals surface area (Å²) in [5.74, 6) is -0.494. The molecule has 1 fully saturated rings. The van der Waals surface area contributed by atoms with Crippen LogP contribution in [0.25, 0.3) is 0 Å². The van der Waals surface area contributed by atoms with Gasteiger partial charge in [-0.3, -0.25) is 4.79 Å². The van der Waals surface area contributed by atoms with Crippen LogP contribution >= 0.6 is 11.6 Å². The molecule has 1 amide bonds. The zero-order valence-corrected chi connectivity index (χ0v) is 17.3. The number of nitrogens with zero attached hydrogens (tertiary/aromatic N) is 1. The highest BCUT2D eigenvalue weighted by atomic mass is 35.5. The maximum Gasteiger partial charge on any atom is 0.254 e. The molecule has 0 unspecified atom stereocenters. The van der Waals surface area contributed by atoms with Crippen molar-refractivity contribution in [3.63, 3.8) is 0 Å². The second-order valence-electron chi connectivity index (χ2n) is 6.81. The van der Waals surface area contributed by atoms with Gasteiger partial charge in [-0.2, -0.15) is 0 Å². The summed E-state index contributed by atoms with van der Waals surface area (Å²) in [6, 6.07) is 10.2. The highest BCUT2D eigenvalue weighted by molar-refractivity contribution is 7.91. The van der Waals surface area contributed by atoms with Crippen LogP contribution in [0.3, 0.4) is 0 Å². The second kappa shape index (κ2) is 8.97. The summed E-state index contributed by atoms with van der Waals surface area (Å²) in [5, 5.41) is 0.192. The number of sulfone groups is 1. The van der Waals surface area contributed by atoms with Crippen LogP contribution in [0.15, 0.2) is 55.1 Å². The van der Waals surface area contributed by atoms with Crippen molar-refractivity contribution in [1.82, 2.24) is 4.90 Å². The quantitative estimate of drug-likeness (QED) is 0.617. The predicted octanol–water partition coefficient (Wildman–Crippen LogP) is 3.87. The predicted molar refractivity (Wildman–Crippen MR) is 110 cm³/mol. The third kappa shape index (κ3) is 5.16. The van der Waals surface area contributed by atoms with Crippen molar-refractivity contribution >= 4 is 27.3 Å². The van der Waals surface area contributed by atoms with Gasteiger partial charge >= 0.3 is 0 Å². The largest absolute Gasteiger partial charge is 0.490 e. The summed E-state index contributed by atoms with van der Waals surface area (Å²) in [4.78, 5) is 14.6. The molecule has 1 heterocycles. The molecule has 1 aliphatic heterocycles. The van der Waals surface area contributed by atoms with E-state index in [2.05, 4.69) is 6.58 Å².